The number of fused-ring (bicyclic) bond motifs is 3. The molecule has 0 saturated heterocycles. The Balaban J connectivity index is 1.80. The summed E-state index contributed by atoms with van der Waals surface area (Å²) >= 11 is 0. The molecular weight excluding hydrogens is 256 g/mol. The zero-order chi connectivity index (χ0) is 13.7. The molecule has 2 atom stereocenters. The number of hydrogen-bond acceptors (Lipinski definition) is 4. The van der Waals surface area contributed by atoms with E-state index in [0.717, 1.165) is 49.7 Å². The normalized spacial score (nSPS) is 27.8. The third kappa shape index (κ3) is 1.67. The lowest BCUT2D eigenvalue weighted by Gasteiger charge is -2.34. The quantitative estimate of drug-likeness (QED) is 0.681. The van der Waals surface area contributed by atoms with Gasteiger partial charge in [-0.1, -0.05) is 0 Å². The van der Waals surface area contributed by atoms with Crippen molar-refractivity contribution in [3.8, 4) is 0 Å². The van der Waals surface area contributed by atoms with Crippen LogP contribution in [-0.4, -0.2) is 24.1 Å². The van der Waals surface area contributed by atoms with E-state index in [4.69, 9.17) is 9.47 Å². The second kappa shape index (κ2) is 4.33. The largest absolute Gasteiger partial charge is 0.455 e. The van der Waals surface area contributed by atoms with Gasteiger partial charge in [-0.05, 0) is 61.8 Å². The van der Waals surface area contributed by atoms with Gasteiger partial charge in [0.05, 0.1) is 11.1 Å². The predicted molar refractivity (Wildman–Crippen MR) is 70.7 cm³/mol. The fraction of sp³-hybridized carbons (Fsp3) is 0.500. The van der Waals surface area contributed by atoms with E-state index in [2.05, 4.69) is 0 Å². The minimum absolute atomic E-state index is 0.262. The summed E-state index contributed by atoms with van der Waals surface area (Å²) in [7, 11) is 0. The number of esters is 2. The van der Waals surface area contributed by atoms with E-state index in [1.54, 1.807) is 12.1 Å². The van der Waals surface area contributed by atoms with Crippen LogP contribution >= 0.6 is 0 Å². The Morgan fingerprint density at radius 3 is 1.65 bits per heavy atom. The Hall–Kier alpha value is -1.84. The molecule has 1 saturated carbocycles. The third-order valence-electron chi connectivity index (χ3n) is 4.65. The number of carbonyl (C=O) groups excluding carboxylic acids is 2. The average molecular weight is 272 g/mol. The predicted octanol–water partition coefficient (Wildman–Crippen LogP) is 2.42. The van der Waals surface area contributed by atoms with Crippen molar-refractivity contribution in [3.63, 3.8) is 0 Å². The van der Waals surface area contributed by atoms with Crippen molar-refractivity contribution in [2.75, 3.05) is 0 Å². The Kier molecular flexibility index (Phi) is 2.59. The molecule has 1 aromatic rings. The molecule has 4 heteroatoms. The number of rotatable bonds is 0. The summed E-state index contributed by atoms with van der Waals surface area (Å²) in [4.78, 5) is 24.6. The van der Waals surface area contributed by atoms with Gasteiger partial charge in [-0.3, -0.25) is 0 Å². The molecule has 0 aromatic heterocycles. The summed E-state index contributed by atoms with van der Waals surface area (Å²) in [5.41, 5.74) is 3.21. The molecule has 0 N–H and O–H groups in total. The van der Waals surface area contributed by atoms with E-state index >= 15 is 0 Å². The molecule has 1 aromatic carbocycles. The lowest BCUT2D eigenvalue weighted by atomic mass is 9.81. The number of hydrogen-bond donors (Lipinski definition) is 0. The molecule has 0 amide bonds. The second-order valence-electron chi connectivity index (χ2n) is 5.79. The first-order valence-electron chi connectivity index (χ1n) is 7.31. The number of benzene rings is 1. The molecule has 2 aliphatic heterocycles. The maximum atomic E-state index is 12.3. The van der Waals surface area contributed by atoms with Crippen LogP contribution in [0.2, 0.25) is 0 Å². The standard InChI is InChI=1S/C16H16O4/c17-15-11-7-8-12(10-6-5-9(10)11)16(18)20-14-4-2-1-3-13(14)19-15/h7-8,13-14H,1-6H2. The van der Waals surface area contributed by atoms with E-state index in [1.165, 1.54) is 0 Å². The molecule has 1 fully saturated rings. The minimum atomic E-state index is -0.287. The molecular formula is C16H16O4. The summed E-state index contributed by atoms with van der Waals surface area (Å²) in [6.07, 6.45) is 4.70. The molecule has 2 bridgehead atoms. The third-order valence-corrected chi connectivity index (χ3v) is 4.65. The minimum Gasteiger partial charge on any atom is -0.455 e. The van der Waals surface area contributed by atoms with Crippen LogP contribution in [0.25, 0.3) is 0 Å². The van der Waals surface area contributed by atoms with Gasteiger partial charge in [-0.2, -0.15) is 0 Å². The van der Waals surface area contributed by atoms with Gasteiger partial charge in [0.25, 0.3) is 0 Å². The van der Waals surface area contributed by atoms with Crippen LogP contribution in [0, 0.1) is 0 Å². The SMILES string of the molecule is O=C1OC2CCCCC2OC(=O)c2ccc1c1c2CC1. The van der Waals surface area contributed by atoms with Crippen molar-refractivity contribution >= 4 is 11.9 Å². The van der Waals surface area contributed by atoms with Crippen LogP contribution < -0.4 is 0 Å². The summed E-state index contributed by atoms with van der Waals surface area (Å²) in [6.45, 7) is 0. The summed E-state index contributed by atoms with van der Waals surface area (Å²) in [5, 5.41) is 0. The molecule has 2 unspecified atom stereocenters. The molecule has 4 nitrogen and oxygen atoms in total. The Labute approximate surface area is 117 Å². The zero-order valence-electron chi connectivity index (χ0n) is 11.2. The van der Waals surface area contributed by atoms with Crippen molar-refractivity contribution < 1.29 is 19.1 Å². The first-order chi connectivity index (χ1) is 9.74. The number of carbonyl (C=O) groups is 2. The van der Waals surface area contributed by atoms with Crippen LogP contribution in [0.4, 0.5) is 0 Å². The summed E-state index contributed by atoms with van der Waals surface area (Å²) < 4.78 is 11.2. The van der Waals surface area contributed by atoms with Crippen molar-refractivity contribution in [1.82, 2.24) is 0 Å². The van der Waals surface area contributed by atoms with Gasteiger partial charge in [0.1, 0.15) is 12.2 Å². The number of ether oxygens (including phenoxy) is 2. The van der Waals surface area contributed by atoms with Gasteiger partial charge in [0, 0.05) is 0 Å². The van der Waals surface area contributed by atoms with E-state index in [1.807, 2.05) is 0 Å². The van der Waals surface area contributed by atoms with Gasteiger partial charge < -0.3 is 9.47 Å². The maximum Gasteiger partial charge on any atom is 0.338 e. The molecule has 20 heavy (non-hydrogen) atoms. The van der Waals surface area contributed by atoms with Crippen LogP contribution in [0.5, 0.6) is 0 Å². The molecule has 0 radical (unpaired) electrons. The van der Waals surface area contributed by atoms with Crippen LogP contribution in [-0.2, 0) is 22.3 Å². The molecule has 104 valence electrons. The van der Waals surface area contributed by atoms with E-state index in [9.17, 15) is 9.59 Å². The van der Waals surface area contributed by atoms with Gasteiger partial charge in [-0.15, -0.1) is 0 Å². The second-order valence-corrected chi connectivity index (χ2v) is 5.79. The fourth-order valence-electron chi connectivity index (χ4n) is 3.45. The first-order valence-corrected chi connectivity index (χ1v) is 7.31. The molecule has 2 heterocycles. The van der Waals surface area contributed by atoms with Crippen molar-refractivity contribution in [1.29, 1.82) is 0 Å². The van der Waals surface area contributed by atoms with Crippen LogP contribution in [0.15, 0.2) is 12.1 Å². The molecule has 0 spiro atoms. The lowest BCUT2D eigenvalue weighted by Crippen LogP contribution is -2.39. The monoisotopic (exact) mass is 272 g/mol. The average Bonchev–Trinajstić information content (AvgIpc) is 2.40. The van der Waals surface area contributed by atoms with Gasteiger partial charge in [-0.25, -0.2) is 9.59 Å². The Morgan fingerprint density at radius 1 is 0.800 bits per heavy atom. The van der Waals surface area contributed by atoms with Crippen molar-refractivity contribution in [2.45, 2.75) is 50.7 Å². The highest BCUT2D eigenvalue weighted by atomic mass is 16.6. The highest BCUT2D eigenvalue weighted by Gasteiger charge is 2.36. The Morgan fingerprint density at radius 2 is 1.25 bits per heavy atom. The summed E-state index contributed by atoms with van der Waals surface area (Å²) in [6, 6.07) is 3.42. The van der Waals surface area contributed by atoms with Gasteiger partial charge >= 0.3 is 11.9 Å². The molecule has 2 aliphatic carbocycles. The topological polar surface area (TPSA) is 52.6 Å². The van der Waals surface area contributed by atoms with Gasteiger partial charge in [0.15, 0.2) is 0 Å². The van der Waals surface area contributed by atoms with Crippen molar-refractivity contribution in [3.05, 3.63) is 34.4 Å². The summed E-state index contributed by atoms with van der Waals surface area (Å²) in [5.74, 6) is -0.523. The lowest BCUT2D eigenvalue weighted by molar-refractivity contribution is -0.0521. The highest BCUT2D eigenvalue weighted by molar-refractivity contribution is 5.98. The van der Waals surface area contributed by atoms with E-state index < -0.39 is 0 Å². The maximum absolute atomic E-state index is 12.3. The van der Waals surface area contributed by atoms with Crippen LogP contribution in [0.1, 0.15) is 57.5 Å². The highest BCUT2D eigenvalue weighted by Crippen LogP contribution is 2.34. The molecule has 5 rings (SSSR count). The van der Waals surface area contributed by atoms with Crippen LogP contribution in [0.3, 0.4) is 0 Å². The fourth-order valence-corrected chi connectivity index (χ4v) is 3.45. The molecule has 4 aliphatic rings. The van der Waals surface area contributed by atoms with Gasteiger partial charge in [0.2, 0.25) is 0 Å². The smallest absolute Gasteiger partial charge is 0.338 e. The Bertz CT molecular complexity index is 552. The first kappa shape index (κ1) is 11.9. The van der Waals surface area contributed by atoms with E-state index in [-0.39, 0.29) is 24.1 Å². The zero-order valence-corrected chi connectivity index (χ0v) is 11.2. The van der Waals surface area contributed by atoms with E-state index in [0.29, 0.717) is 11.1 Å². The van der Waals surface area contributed by atoms with Crippen molar-refractivity contribution in [2.24, 2.45) is 0 Å².